The molecule has 2 aromatic rings. The van der Waals surface area contributed by atoms with Gasteiger partial charge >= 0.3 is 11.9 Å². The molecule has 0 aromatic heterocycles. The minimum Gasteiger partial charge on any atom is -0.465 e. The number of hydrogen-bond acceptors (Lipinski definition) is 6. The second-order valence-corrected chi connectivity index (χ2v) is 7.24. The van der Waals surface area contributed by atoms with Crippen molar-refractivity contribution in [2.45, 2.75) is 12.8 Å². The smallest absolute Gasteiger partial charge is 0.339 e. The van der Waals surface area contributed by atoms with Gasteiger partial charge in [0.2, 0.25) is 11.8 Å². The molecular formula is C24H24N2O6. The molecule has 3 rings (SSSR count). The Morgan fingerprint density at radius 3 is 1.91 bits per heavy atom. The van der Waals surface area contributed by atoms with Crippen LogP contribution in [0, 0.1) is 11.8 Å². The summed E-state index contributed by atoms with van der Waals surface area (Å²) in [5.74, 6) is -2.89. The first-order chi connectivity index (χ1) is 15.4. The highest BCUT2D eigenvalue weighted by Crippen LogP contribution is 2.29. The number of allylic oxidation sites excluding steroid dienone is 2. The Bertz CT molecular complexity index is 1040. The fourth-order valence-electron chi connectivity index (χ4n) is 3.54. The van der Waals surface area contributed by atoms with E-state index in [1.165, 1.54) is 14.2 Å². The van der Waals surface area contributed by atoms with E-state index in [2.05, 4.69) is 15.4 Å². The standard InChI is InChI=1S/C24H24N2O6/c1-31-23(29)15-11-13-16(14-12-15)25-21(27)17-7-3-4-8-18(17)22(28)26-20-10-6-5-9-19(20)24(30)32-2/h3-6,9-14,17-18H,7-8H2,1-2H3,(H,25,27)(H,26,28). The van der Waals surface area contributed by atoms with Crippen LogP contribution in [0.4, 0.5) is 11.4 Å². The van der Waals surface area contributed by atoms with Gasteiger partial charge in [-0.15, -0.1) is 0 Å². The molecule has 2 unspecified atom stereocenters. The molecule has 8 heteroatoms. The predicted molar refractivity (Wildman–Crippen MR) is 118 cm³/mol. The van der Waals surface area contributed by atoms with E-state index in [-0.39, 0.29) is 17.4 Å². The van der Waals surface area contributed by atoms with Crippen molar-refractivity contribution in [2.75, 3.05) is 24.9 Å². The lowest BCUT2D eigenvalue weighted by molar-refractivity contribution is -0.129. The number of anilines is 2. The number of amides is 2. The van der Waals surface area contributed by atoms with E-state index in [0.29, 0.717) is 29.8 Å². The second-order valence-electron chi connectivity index (χ2n) is 7.24. The van der Waals surface area contributed by atoms with Crippen LogP contribution in [-0.4, -0.2) is 38.0 Å². The monoisotopic (exact) mass is 436 g/mol. The Balaban J connectivity index is 1.72. The largest absolute Gasteiger partial charge is 0.465 e. The maximum atomic E-state index is 13.0. The summed E-state index contributed by atoms with van der Waals surface area (Å²) in [5.41, 5.74) is 1.44. The molecule has 166 valence electrons. The Kier molecular flexibility index (Phi) is 7.38. The quantitative estimate of drug-likeness (QED) is 0.530. The summed E-state index contributed by atoms with van der Waals surface area (Å²) in [6.45, 7) is 0. The summed E-state index contributed by atoms with van der Waals surface area (Å²) in [6.07, 6.45) is 4.54. The number of para-hydroxylation sites is 1. The molecule has 1 aliphatic rings. The third-order valence-electron chi connectivity index (χ3n) is 5.27. The van der Waals surface area contributed by atoms with E-state index < -0.39 is 23.8 Å². The van der Waals surface area contributed by atoms with E-state index in [0.717, 1.165) is 0 Å². The zero-order chi connectivity index (χ0) is 23.1. The zero-order valence-electron chi connectivity index (χ0n) is 17.8. The number of rotatable bonds is 6. The van der Waals surface area contributed by atoms with Crippen molar-refractivity contribution in [3.05, 3.63) is 71.8 Å². The first-order valence-corrected chi connectivity index (χ1v) is 10.1. The lowest BCUT2D eigenvalue weighted by Gasteiger charge is -2.27. The first-order valence-electron chi connectivity index (χ1n) is 10.1. The predicted octanol–water partition coefficient (Wildman–Crippen LogP) is 3.42. The van der Waals surface area contributed by atoms with Gasteiger partial charge in [0.15, 0.2) is 0 Å². The van der Waals surface area contributed by atoms with E-state index in [1.54, 1.807) is 48.5 Å². The molecule has 32 heavy (non-hydrogen) atoms. The minimum atomic E-state index is -0.611. The molecule has 0 bridgehead atoms. The number of benzene rings is 2. The van der Waals surface area contributed by atoms with Gasteiger partial charge in [-0.2, -0.15) is 0 Å². The molecule has 2 N–H and O–H groups in total. The van der Waals surface area contributed by atoms with Crippen LogP contribution < -0.4 is 10.6 Å². The molecular weight excluding hydrogens is 412 g/mol. The number of nitrogens with one attached hydrogen (secondary N) is 2. The lowest BCUT2D eigenvalue weighted by atomic mass is 9.81. The Labute approximate surface area is 185 Å². The highest BCUT2D eigenvalue weighted by molar-refractivity contribution is 6.04. The van der Waals surface area contributed by atoms with Crippen LogP contribution in [0.15, 0.2) is 60.7 Å². The van der Waals surface area contributed by atoms with Gasteiger partial charge in [-0.05, 0) is 49.2 Å². The fraction of sp³-hybridized carbons (Fsp3) is 0.250. The van der Waals surface area contributed by atoms with Gasteiger partial charge < -0.3 is 20.1 Å². The highest BCUT2D eigenvalue weighted by Gasteiger charge is 2.34. The molecule has 2 atom stereocenters. The molecule has 0 spiro atoms. The Morgan fingerprint density at radius 2 is 1.31 bits per heavy atom. The third kappa shape index (κ3) is 5.21. The maximum Gasteiger partial charge on any atom is 0.339 e. The topological polar surface area (TPSA) is 111 Å². The normalized spacial score (nSPS) is 17.2. The van der Waals surface area contributed by atoms with Crippen LogP contribution in [0.3, 0.4) is 0 Å². The zero-order valence-corrected chi connectivity index (χ0v) is 17.8. The average Bonchev–Trinajstić information content (AvgIpc) is 2.83. The van der Waals surface area contributed by atoms with Crippen LogP contribution in [-0.2, 0) is 19.1 Å². The van der Waals surface area contributed by atoms with Crippen molar-refractivity contribution < 1.29 is 28.7 Å². The molecule has 0 radical (unpaired) electrons. The van der Waals surface area contributed by atoms with Crippen LogP contribution in [0.2, 0.25) is 0 Å². The summed E-state index contributed by atoms with van der Waals surface area (Å²) >= 11 is 0. The average molecular weight is 436 g/mol. The third-order valence-corrected chi connectivity index (χ3v) is 5.27. The number of carbonyl (C=O) groups excluding carboxylic acids is 4. The van der Waals surface area contributed by atoms with Gasteiger partial charge in [-0.1, -0.05) is 24.3 Å². The molecule has 0 saturated heterocycles. The highest BCUT2D eigenvalue weighted by atomic mass is 16.5. The minimum absolute atomic E-state index is 0.237. The molecule has 0 saturated carbocycles. The summed E-state index contributed by atoms with van der Waals surface area (Å²) in [6, 6.07) is 12.9. The number of esters is 2. The summed E-state index contributed by atoms with van der Waals surface area (Å²) in [5, 5.41) is 5.57. The van der Waals surface area contributed by atoms with E-state index >= 15 is 0 Å². The van der Waals surface area contributed by atoms with Crippen molar-refractivity contribution in [3.63, 3.8) is 0 Å². The first kappa shape index (κ1) is 22.7. The van der Waals surface area contributed by atoms with Crippen molar-refractivity contribution in [1.82, 2.24) is 0 Å². The van der Waals surface area contributed by atoms with Gasteiger partial charge in [-0.25, -0.2) is 9.59 Å². The molecule has 2 aromatic carbocycles. The molecule has 0 heterocycles. The van der Waals surface area contributed by atoms with Crippen LogP contribution >= 0.6 is 0 Å². The molecule has 1 aliphatic carbocycles. The van der Waals surface area contributed by atoms with Crippen molar-refractivity contribution in [1.29, 1.82) is 0 Å². The number of hydrogen-bond donors (Lipinski definition) is 2. The lowest BCUT2D eigenvalue weighted by Crippen LogP contribution is -2.37. The van der Waals surface area contributed by atoms with E-state index in [4.69, 9.17) is 4.74 Å². The Morgan fingerprint density at radius 1 is 0.750 bits per heavy atom. The molecule has 0 aliphatic heterocycles. The maximum absolute atomic E-state index is 13.0. The van der Waals surface area contributed by atoms with E-state index in [9.17, 15) is 19.2 Å². The second kappa shape index (κ2) is 10.4. The van der Waals surface area contributed by atoms with Crippen LogP contribution in [0.1, 0.15) is 33.6 Å². The van der Waals surface area contributed by atoms with Gasteiger partial charge in [0.1, 0.15) is 0 Å². The summed E-state index contributed by atoms with van der Waals surface area (Å²) in [4.78, 5) is 49.5. The van der Waals surface area contributed by atoms with Crippen molar-refractivity contribution in [2.24, 2.45) is 11.8 Å². The molecule has 8 nitrogen and oxygen atoms in total. The number of ether oxygens (including phenoxy) is 2. The van der Waals surface area contributed by atoms with Crippen LogP contribution in [0.5, 0.6) is 0 Å². The SMILES string of the molecule is COC(=O)c1ccc(NC(=O)C2CC=CCC2C(=O)Nc2ccccc2C(=O)OC)cc1. The Hall–Kier alpha value is -3.94. The number of methoxy groups -OCH3 is 2. The van der Waals surface area contributed by atoms with Crippen LogP contribution in [0.25, 0.3) is 0 Å². The van der Waals surface area contributed by atoms with Gasteiger partial charge in [0, 0.05) is 5.69 Å². The summed E-state index contributed by atoms with van der Waals surface area (Å²) < 4.78 is 9.43. The van der Waals surface area contributed by atoms with E-state index in [1.807, 2.05) is 12.2 Å². The summed E-state index contributed by atoms with van der Waals surface area (Å²) in [7, 11) is 2.56. The molecule has 0 fully saturated rings. The van der Waals surface area contributed by atoms with Gasteiger partial charge in [-0.3, -0.25) is 9.59 Å². The van der Waals surface area contributed by atoms with Crippen molar-refractivity contribution in [3.8, 4) is 0 Å². The number of carbonyl (C=O) groups is 4. The van der Waals surface area contributed by atoms with Gasteiger partial charge in [0.25, 0.3) is 0 Å². The molecule has 2 amide bonds. The van der Waals surface area contributed by atoms with Gasteiger partial charge in [0.05, 0.1) is 42.9 Å². The van der Waals surface area contributed by atoms with Crippen molar-refractivity contribution >= 4 is 35.1 Å². The fourth-order valence-corrected chi connectivity index (χ4v) is 3.54.